The molecule has 0 rings (SSSR count). The van der Waals surface area contributed by atoms with Gasteiger partial charge in [-0.25, -0.2) is 0 Å². The highest BCUT2D eigenvalue weighted by Crippen LogP contribution is 2.34. The molecule has 0 aliphatic heterocycles. The van der Waals surface area contributed by atoms with Gasteiger partial charge in [-0.15, -0.1) is 0 Å². The first kappa shape index (κ1) is 20.9. The lowest BCUT2D eigenvalue weighted by molar-refractivity contribution is 1.34. The molecule has 24 heavy (non-hydrogen) atoms. The Kier molecular flexibility index (Phi) is 7.39. The lowest BCUT2D eigenvalue weighted by Crippen LogP contribution is -2.02. The maximum atomic E-state index is 4.04. The Morgan fingerprint density at radius 2 is 0.500 bits per heavy atom. The molecule has 0 radical (unpaired) electrons. The van der Waals surface area contributed by atoms with E-state index in [2.05, 4.69) is 78.9 Å². The normalized spacial score (nSPS) is 9.17. The summed E-state index contributed by atoms with van der Waals surface area (Å²) in [4.78, 5) is 0. The van der Waals surface area contributed by atoms with Gasteiger partial charge < -0.3 is 0 Å². The van der Waals surface area contributed by atoms with Gasteiger partial charge in [-0.05, 0) is 55.7 Å². The third-order valence-electron chi connectivity index (χ3n) is 3.82. The monoisotopic (exact) mass is 314 g/mol. The zero-order valence-electron chi connectivity index (χ0n) is 14.6. The number of hydrogen-bond donors (Lipinski definition) is 0. The number of hydrogen-bond acceptors (Lipinski definition) is 0. The van der Waals surface area contributed by atoms with Crippen molar-refractivity contribution in [2.75, 3.05) is 0 Å². The second kappa shape index (κ2) is 8.50. The van der Waals surface area contributed by atoms with E-state index in [-0.39, 0.29) is 0 Å². The van der Waals surface area contributed by atoms with Gasteiger partial charge in [-0.3, -0.25) is 0 Å². The fraction of sp³-hybridized carbons (Fsp3) is 0. The third kappa shape index (κ3) is 4.44. The van der Waals surface area contributed by atoms with Gasteiger partial charge in [-0.1, -0.05) is 91.1 Å². The Balaban J connectivity index is 5.35. The van der Waals surface area contributed by atoms with Crippen LogP contribution in [0.2, 0.25) is 0 Å². The summed E-state index contributed by atoms with van der Waals surface area (Å²) in [5.41, 5.74) is 6.32. The first-order valence-corrected chi connectivity index (χ1v) is 7.18. The number of allylic oxidation sites excluding steroid dienone is 12. The Hall–Kier alpha value is -3.12. The highest BCUT2D eigenvalue weighted by atomic mass is 14.2. The molecular formula is C24H26. The van der Waals surface area contributed by atoms with E-state index in [1.807, 2.05) is 0 Å². The zero-order valence-corrected chi connectivity index (χ0v) is 14.6. The summed E-state index contributed by atoms with van der Waals surface area (Å²) >= 11 is 0. The topological polar surface area (TPSA) is 0 Å². The molecule has 0 saturated carbocycles. The molecule has 0 aromatic heterocycles. The molecule has 0 nitrogen and oxygen atoms in total. The van der Waals surface area contributed by atoms with E-state index in [1.165, 1.54) is 0 Å². The van der Waals surface area contributed by atoms with Gasteiger partial charge in [0, 0.05) is 0 Å². The summed E-state index contributed by atoms with van der Waals surface area (Å²) < 4.78 is 0. The maximum Gasteiger partial charge on any atom is -0.0183 e. The highest BCUT2D eigenvalue weighted by Gasteiger charge is 2.16. The van der Waals surface area contributed by atoms with Crippen LogP contribution in [0.25, 0.3) is 0 Å². The van der Waals surface area contributed by atoms with E-state index >= 15 is 0 Å². The highest BCUT2D eigenvalue weighted by molar-refractivity contribution is 5.70. The van der Waals surface area contributed by atoms with Crippen LogP contribution in [0.4, 0.5) is 0 Å². The van der Waals surface area contributed by atoms with E-state index in [4.69, 9.17) is 0 Å². The van der Waals surface area contributed by atoms with Crippen molar-refractivity contribution in [3.63, 3.8) is 0 Å². The predicted octanol–water partition coefficient (Wildman–Crippen LogP) is 6.92. The van der Waals surface area contributed by atoms with Crippen molar-refractivity contribution in [3.05, 3.63) is 147 Å². The van der Waals surface area contributed by atoms with E-state index in [1.54, 1.807) is 12.2 Å². The van der Waals surface area contributed by atoms with Crippen LogP contribution in [0.3, 0.4) is 0 Å². The van der Waals surface area contributed by atoms with Crippen molar-refractivity contribution in [2.24, 2.45) is 0 Å². The van der Waals surface area contributed by atoms with Gasteiger partial charge in [0.1, 0.15) is 0 Å². The molecule has 0 aromatic carbocycles. The zero-order chi connectivity index (χ0) is 19.2. The van der Waals surface area contributed by atoms with Crippen LogP contribution in [0.15, 0.2) is 147 Å². The largest absolute Gasteiger partial charge is 0.0985 e. The van der Waals surface area contributed by atoms with Crippen LogP contribution >= 0.6 is 0 Å². The Morgan fingerprint density at radius 1 is 0.333 bits per heavy atom. The molecule has 0 heteroatoms. The van der Waals surface area contributed by atoms with Crippen molar-refractivity contribution in [1.82, 2.24) is 0 Å². The van der Waals surface area contributed by atoms with E-state index in [0.717, 1.165) is 0 Å². The number of rotatable bonds is 11. The van der Waals surface area contributed by atoms with Crippen molar-refractivity contribution in [3.8, 4) is 0 Å². The van der Waals surface area contributed by atoms with Gasteiger partial charge in [-0.2, -0.15) is 0 Å². The van der Waals surface area contributed by atoms with Crippen LogP contribution in [-0.4, -0.2) is 0 Å². The fourth-order valence-electron chi connectivity index (χ4n) is 1.73. The van der Waals surface area contributed by atoms with Crippen molar-refractivity contribution in [1.29, 1.82) is 0 Å². The summed E-state index contributed by atoms with van der Waals surface area (Å²) in [5.74, 6) is 0. The molecule has 0 fully saturated rings. The SMILES string of the molecule is C=CC(=C)C(=C)C(=C)C(=C)C(=C)C(=C)C(=C)C(=C)C(=C)C(=C)C=C. The molecule has 0 bridgehead atoms. The molecule has 0 aliphatic rings. The molecule has 0 amide bonds. The standard InChI is InChI=1S/C24H26/c1-13-15(3)17(5)19(7)21(9)23(11)24(12)22(10)20(8)18(6)16(4)14-2/h13-14H,1-12H2. The van der Waals surface area contributed by atoms with Crippen LogP contribution in [0, 0.1) is 0 Å². The Labute approximate surface area is 147 Å². The first-order chi connectivity index (χ1) is 11.0. The van der Waals surface area contributed by atoms with E-state index in [0.29, 0.717) is 55.7 Å². The molecule has 0 saturated heterocycles. The average molecular weight is 314 g/mol. The quantitative estimate of drug-likeness (QED) is 0.363. The minimum absolute atomic E-state index is 0.598. The second-order valence-electron chi connectivity index (χ2n) is 5.29. The van der Waals surface area contributed by atoms with Crippen LogP contribution < -0.4 is 0 Å². The summed E-state index contributed by atoms with van der Waals surface area (Å²) in [7, 11) is 0. The predicted molar refractivity (Wildman–Crippen MR) is 112 cm³/mol. The van der Waals surface area contributed by atoms with Gasteiger partial charge >= 0.3 is 0 Å². The first-order valence-electron chi connectivity index (χ1n) is 7.18. The minimum Gasteiger partial charge on any atom is -0.0985 e. The Morgan fingerprint density at radius 3 is 0.667 bits per heavy atom. The van der Waals surface area contributed by atoms with Crippen LogP contribution in [0.5, 0.6) is 0 Å². The van der Waals surface area contributed by atoms with Crippen LogP contribution in [-0.2, 0) is 0 Å². The Bertz CT molecular complexity index is 688. The molecule has 0 heterocycles. The van der Waals surface area contributed by atoms with Gasteiger partial charge in [0.25, 0.3) is 0 Å². The third-order valence-corrected chi connectivity index (χ3v) is 3.82. The molecule has 0 unspecified atom stereocenters. The fourth-order valence-corrected chi connectivity index (χ4v) is 1.73. The summed E-state index contributed by atoms with van der Waals surface area (Å²) in [6, 6.07) is 0. The lowest BCUT2D eigenvalue weighted by Gasteiger charge is -2.20. The summed E-state index contributed by atoms with van der Waals surface area (Å²) in [6.07, 6.45) is 3.23. The van der Waals surface area contributed by atoms with Gasteiger partial charge in [0.15, 0.2) is 0 Å². The lowest BCUT2D eigenvalue weighted by atomic mass is 9.84. The maximum absolute atomic E-state index is 4.04. The van der Waals surface area contributed by atoms with E-state index < -0.39 is 0 Å². The van der Waals surface area contributed by atoms with Crippen molar-refractivity contribution >= 4 is 0 Å². The van der Waals surface area contributed by atoms with Crippen molar-refractivity contribution < 1.29 is 0 Å². The molecule has 0 aromatic rings. The molecule has 122 valence electrons. The average Bonchev–Trinajstić information content (AvgIpc) is 2.61. The molecule has 0 atom stereocenters. The second-order valence-corrected chi connectivity index (χ2v) is 5.29. The summed E-state index contributed by atoms with van der Waals surface area (Å²) in [5, 5.41) is 0. The molecule has 0 aliphatic carbocycles. The smallest absolute Gasteiger partial charge is 0.0183 e. The summed E-state index contributed by atoms with van der Waals surface area (Å²) in [6.45, 7) is 47.1. The minimum atomic E-state index is 0.598. The molecule has 0 spiro atoms. The van der Waals surface area contributed by atoms with Crippen LogP contribution in [0.1, 0.15) is 0 Å². The van der Waals surface area contributed by atoms with Crippen molar-refractivity contribution in [2.45, 2.75) is 0 Å². The van der Waals surface area contributed by atoms with Gasteiger partial charge in [0.05, 0.1) is 0 Å². The molecule has 0 N–H and O–H groups in total. The molecular weight excluding hydrogens is 288 g/mol. The van der Waals surface area contributed by atoms with E-state index in [9.17, 15) is 0 Å². The van der Waals surface area contributed by atoms with Gasteiger partial charge in [0.2, 0.25) is 0 Å².